The third kappa shape index (κ3) is 2.66. The number of hydrogen-bond donors (Lipinski definition) is 1. The van der Waals surface area contributed by atoms with Gasteiger partial charge in [0, 0.05) is 30.7 Å². The van der Waals surface area contributed by atoms with Crippen molar-refractivity contribution in [3.8, 4) is 0 Å². The molecule has 3 nitrogen and oxygen atoms in total. The van der Waals surface area contributed by atoms with Crippen LogP contribution >= 0.6 is 0 Å². The summed E-state index contributed by atoms with van der Waals surface area (Å²) in [5.74, 6) is 0. The Morgan fingerprint density at radius 3 is 2.43 bits per heavy atom. The molecule has 2 atom stereocenters. The van der Waals surface area contributed by atoms with Crippen LogP contribution in [0.5, 0.6) is 0 Å². The van der Waals surface area contributed by atoms with Crippen molar-refractivity contribution in [3.05, 3.63) is 0 Å². The first kappa shape index (κ1) is 14.5. The van der Waals surface area contributed by atoms with E-state index in [-0.39, 0.29) is 0 Å². The molecular formula is C18H32N2O. The predicted octanol–water partition coefficient (Wildman–Crippen LogP) is 3.08. The summed E-state index contributed by atoms with van der Waals surface area (Å²) in [4.78, 5) is 2.88. The number of rotatable bonds is 2. The maximum absolute atomic E-state index is 6.16. The second-order valence-electron chi connectivity index (χ2n) is 8.30. The van der Waals surface area contributed by atoms with Crippen LogP contribution in [0.15, 0.2) is 0 Å². The van der Waals surface area contributed by atoms with E-state index in [2.05, 4.69) is 17.1 Å². The molecule has 2 aliphatic heterocycles. The Labute approximate surface area is 129 Å². The monoisotopic (exact) mass is 292 g/mol. The molecule has 0 radical (unpaired) electrons. The molecule has 120 valence electrons. The van der Waals surface area contributed by atoms with Crippen LogP contribution in [0.3, 0.4) is 0 Å². The minimum atomic E-state index is 0.443. The lowest BCUT2D eigenvalue weighted by Crippen LogP contribution is -2.69. The van der Waals surface area contributed by atoms with E-state index in [1.807, 2.05) is 0 Å². The Balaban J connectivity index is 1.50. The van der Waals surface area contributed by atoms with E-state index in [1.54, 1.807) is 0 Å². The van der Waals surface area contributed by atoms with Crippen molar-refractivity contribution >= 4 is 0 Å². The Morgan fingerprint density at radius 1 is 1.05 bits per heavy atom. The molecular weight excluding hydrogens is 260 g/mol. The van der Waals surface area contributed by atoms with Gasteiger partial charge in [-0.3, -0.25) is 4.90 Å². The maximum atomic E-state index is 6.16. The molecule has 2 saturated carbocycles. The van der Waals surface area contributed by atoms with Crippen LogP contribution in [-0.2, 0) is 4.74 Å². The molecule has 1 N–H and O–H groups in total. The lowest BCUT2D eigenvalue weighted by Gasteiger charge is -2.53. The van der Waals surface area contributed by atoms with Crippen LogP contribution in [0.25, 0.3) is 0 Å². The highest BCUT2D eigenvalue weighted by atomic mass is 16.5. The van der Waals surface area contributed by atoms with Gasteiger partial charge in [-0.05, 0) is 45.4 Å². The van der Waals surface area contributed by atoms with Gasteiger partial charge in [0.2, 0.25) is 0 Å². The molecule has 0 aromatic heterocycles. The van der Waals surface area contributed by atoms with Crippen LogP contribution in [-0.4, -0.2) is 47.8 Å². The van der Waals surface area contributed by atoms with Crippen LogP contribution in [0.4, 0.5) is 0 Å². The molecule has 21 heavy (non-hydrogen) atoms. The van der Waals surface area contributed by atoms with E-state index >= 15 is 0 Å². The van der Waals surface area contributed by atoms with Gasteiger partial charge in [0.05, 0.1) is 12.2 Å². The van der Waals surface area contributed by atoms with Gasteiger partial charge in [-0.2, -0.15) is 0 Å². The molecule has 4 aliphatic rings. The first-order valence-corrected chi connectivity index (χ1v) is 9.35. The summed E-state index contributed by atoms with van der Waals surface area (Å²) in [5.41, 5.74) is 0.904. The lowest BCUT2D eigenvalue weighted by molar-refractivity contribution is -0.0378. The Kier molecular flexibility index (Phi) is 3.79. The standard InChI is InChI=1S/C18H32N2O/c1-15-6-7-16(21-15)12-20-14-17(8-2-3-9-17)19-13-18(20)10-4-5-11-18/h15-16,19H,2-14H2,1H3. The third-order valence-electron chi connectivity index (χ3n) is 6.80. The van der Waals surface area contributed by atoms with Crippen molar-refractivity contribution in [2.45, 2.75) is 94.4 Å². The fourth-order valence-corrected chi connectivity index (χ4v) is 5.49. The fraction of sp³-hybridized carbons (Fsp3) is 1.00. The first-order chi connectivity index (χ1) is 10.2. The quantitative estimate of drug-likeness (QED) is 0.846. The Morgan fingerprint density at radius 2 is 1.76 bits per heavy atom. The minimum absolute atomic E-state index is 0.443. The molecule has 4 rings (SSSR count). The lowest BCUT2D eigenvalue weighted by atomic mass is 9.84. The molecule has 3 heteroatoms. The summed E-state index contributed by atoms with van der Waals surface area (Å²) in [6.07, 6.45) is 14.8. The van der Waals surface area contributed by atoms with Gasteiger partial charge >= 0.3 is 0 Å². The van der Waals surface area contributed by atoms with E-state index in [1.165, 1.54) is 83.8 Å². The van der Waals surface area contributed by atoms with E-state index in [4.69, 9.17) is 4.74 Å². The topological polar surface area (TPSA) is 24.5 Å². The Hall–Kier alpha value is -0.120. The SMILES string of the molecule is CC1CCC(CN2CC3(CCCC3)NCC23CCCC3)O1. The summed E-state index contributed by atoms with van der Waals surface area (Å²) >= 11 is 0. The number of ether oxygens (including phenoxy) is 1. The molecule has 0 aromatic rings. The average molecular weight is 292 g/mol. The van der Waals surface area contributed by atoms with Crippen LogP contribution in [0, 0.1) is 0 Å². The molecule has 0 bridgehead atoms. The average Bonchev–Trinajstić information content (AvgIpc) is 3.18. The smallest absolute Gasteiger partial charge is 0.0706 e. The number of nitrogens with one attached hydrogen (secondary N) is 1. The normalized spacial score (nSPS) is 38.7. The summed E-state index contributed by atoms with van der Waals surface area (Å²) in [7, 11) is 0. The van der Waals surface area contributed by atoms with E-state index < -0.39 is 0 Å². The van der Waals surface area contributed by atoms with Crippen LogP contribution in [0.2, 0.25) is 0 Å². The second-order valence-corrected chi connectivity index (χ2v) is 8.30. The molecule has 0 aromatic carbocycles. The molecule has 2 unspecified atom stereocenters. The number of hydrogen-bond acceptors (Lipinski definition) is 3. The van der Waals surface area contributed by atoms with Gasteiger partial charge in [0.25, 0.3) is 0 Å². The molecule has 2 spiro atoms. The molecule has 2 saturated heterocycles. The number of piperazine rings is 1. The maximum Gasteiger partial charge on any atom is 0.0706 e. The zero-order valence-corrected chi connectivity index (χ0v) is 13.7. The van der Waals surface area contributed by atoms with Crippen LogP contribution in [0.1, 0.15) is 71.1 Å². The highest BCUT2D eigenvalue weighted by molar-refractivity contribution is 5.09. The van der Waals surface area contributed by atoms with E-state index in [0.717, 1.165) is 0 Å². The highest BCUT2D eigenvalue weighted by Crippen LogP contribution is 2.43. The molecule has 2 aliphatic carbocycles. The third-order valence-corrected chi connectivity index (χ3v) is 6.80. The largest absolute Gasteiger partial charge is 0.374 e. The summed E-state index contributed by atoms with van der Waals surface area (Å²) in [6.45, 7) is 5.94. The Bertz CT molecular complexity index is 371. The van der Waals surface area contributed by atoms with Crippen molar-refractivity contribution in [2.24, 2.45) is 0 Å². The van der Waals surface area contributed by atoms with Crippen molar-refractivity contribution in [1.29, 1.82) is 0 Å². The van der Waals surface area contributed by atoms with Crippen LogP contribution < -0.4 is 5.32 Å². The number of nitrogens with zero attached hydrogens (tertiary/aromatic N) is 1. The fourth-order valence-electron chi connectivity index (χ4n) is 5.49. The predicted molar refractivity (Wildman–Crippen MR) is 85.5 cm³/mol. The zero-order valence-electron chi connectivity index (χ0n) is 13.7. The van der Waals surface area contributed by atoms with Gasteiger partial charge in [-0.15, -0.1) is 0 Å². The van der Waals surface area contributed by atoms with Crippen molar-refractivity contribution in [3.63, 3.8) is 0 Å². The van der Waals surface area contributed by atoms with E-state index in [9.17, 15) is 0 Å². The summed E-state index contributed by atoms with van der Waals surface area (Å²) < 4.78 is 6.16. The molecule has 2 heterocycles. The van der Waals surface area contributed by atoms with Gasteiger partial charge in [0.15, 0.2) is 0 Å². The zero-order chi connectivity index (χ0) is 14.3. The van der Waals surface area contributed by atoms with Gasteiger partial charge in [-0.1, -0.05) is 25.7 Å². The van der Waals surface area contributed by atoms with E-state index in [0.29, 0.717) is 23.3 Å². The van der Waals surface area contributed by atoms with Gasteiger partial charge in [-0.25, -0.2) is 0 Å². The van der Waals surface area contributed by atoms with Crippen molar-refractivity contribution < 1.29 is 4.74 Å². The first-order valence-electron chi connectivity index (χ1n) is 9.35. The van der Waals surface area contributed by atoms with Crippen molar-refractivity contribution in [2.75, 3.05) is 19.6 Å². The summed E-state index contributed by atoms with van der Waals surface area (Å²) in [6, 6.07) is 0. The second kappa shape index (κ2) is 5.50. The van der Waals surface area contributed by atoms with Crippen molar-refractivity contribution in [1.82, 2.24) is 10.2 Å². The molecule has 0 amide bonds. The van der Waals surface area contributed by atoms with Gasteiger partial charge < -0.3 is 10.1 Å². The highest BCUT2D eigenvalue weighted by Gasteiger charge is 2.50. The molecule has 4 fully saturated rings. The minimum Gasteiger partial charge on any atom is -0.374 e. The summed E-state index contributed by atoms with van der Waals surface area (Å²) in [5, 5.41) is 4.01. The van der Waals surface area contributed by atoms with Gasteiger partial charge in [0.1, 0.15) is 0 Å².